The average molecular weight is 392 g/mol. The number of nitrogens with one attached hydrogen (secondary N) is 1. The van der Waals surface area contributed by atoms with Crippen molar-refractivity contribution in [1.29, 1.82) is 0 Å². The Morgan fingerprint density at radius 1 is 1.11 bits per heavy atom. The van der Waals surface area contributed by atoms with Gasteiger partial charge in [0.25, 0.3) is 5.91 Å². The van der Waals surface area contributed by atoms with Crippen LogP contribution in [0.4, 0.5) is 5.69 Å². The maximum atomic E-state index is 12.8. The first kappa shape index (κ1) is 20.6. The molecular formula is C19H24N2O5S. The number of methoxy groups -OCH3 is 2. The summed E-state index contributed by atoms with van der Waals surface area (Å²) in [4.78, 5) is 12.8. The molecule has 27 heavy (non-hydrogen) atoms. The molecule has 1 atom stereocenters. The van der Waals surface area contributed by atoms with Crippen molar-refractivity contribution in [3.8, 4) is 11.5 Å². The number of anilines is 1. The molecule has 0 aliphatic rings. The normalized spacial score (nSPS) is 12.2. The van der Waals surface area contributed by atoms with Crippen LogP contribution >= 0.6 is 0 Å². The van der Waals surface area contributed by atoms with Crippen LogP contribution in [0, 0.1) is 0 Å². The number of carbonyl (C=O) groups excluding carboxylic acids is 1. The van der Waals surface area contributed by atoms with Crippen molar-refractivity contribution < 1.29 is 22.7 Å². The first-order chi connectivity index (χ1) is 12.7. The zero-order valence-electron chi connectivity index (χ0n) is 16.0. The van der Waals surface area contributed by atoms with Gasteiger partial charge in [0.15, 0.2) is 0 Å². The Bertz CT molecular complexity index is 927. The van der Waals surface area contributed by atoms with E-state index < -0.39 is 15.9 Å². The van der Waals surface area contributed by atoms with Gasteiger partial charge in [0.2, 0.25) is 10.0 Å². The van der Waals surface area contributed by atoms with Gasteiger partial charge in [-0.25, -0.2) is 8.42 Å². The second-order valence-corrected chi connectivity index (χ2v) is 8.06. The fourth-order valence-electron chi connectivity index (χ4n) is 2.65. The molecule has 0 radical (unpaired) electrons. The third-order valence-electron chi connectivity index (χ3n) is 4.24. The van der Waals surface area contributed by atoms with E-state index in [2.05, 4.69) is 5.32 Å². The molecule has 146 valence electrons. The number of nitrogens with zero attached hydrogens (tertiary/aromatic N) is 1. The Labute approximate surface area is 160 Å². The molecule has 0 aliphatic heterocycles. The number of para-hydroxylation sites is 1. The van der Waals surface area contributed by atoms with E-state index in [1.54, 1.807) is 56.7 Å². The zero-order valence-corrected chi connectivity index (χ0v) is 16.8. The summed E-state index contributed by atoms with van der Waals surface area (Å²) in [7, 11) is 1.03. The Morgan fingerprint density at radius 3 is 2.37 bits per heavy atom. The van der Waals surface area contributed by atoms with Gasteiger partial charge in [-0.15, -0.1) is 0 Å². The highest BCUT2D eigenvalue weighted by Gasteiger charge is 2.22. The molecule has 0 heterocycles. The van der Waals surface area contributed by atoms with Crippen molar-refractivity contribution in [3.05, 3.63) is 53.6 Å². The van der Waals surface area contributed by atoms with Crippen molar-refractivity contribution >= 4 is 21.6 Å². The van der Waals surface area contributed by atoms with Crippen LogP contribution in [0.15, 0.2) is 42.5 Å². The minimum absolute atomic E-state index is 0.263. The van der Waals surface area contributed by atoms with Crippen molar-refractivity contribution in [2.45, 2.75) is 13.0 Å². The molecule has 0 fully saturated rings. The van der Waals surface area contributed by atoms with E-state index in [1.807, 2.05) is 6.92 Å². The molecule has 0 unspecified atom stereocenters. The van der Waals surface area contributed by atoms with Gasteiger partial charge in [-0.2, -0.15) is 0 Å². The van der Waals surface area contributed by atoms with E-state index in [-0.39, 0.29) is 11.6 Å². The summed E-state index contributed by atoms with van der Waals surface area (Å²) < 4.78 is 35.4. The maximum Gasteiger partial charge on any atom is 0.253 e. The maximum absolute atomic E-state index is 12.8. The first-order valence-electron chi connectivity index (χ1n) is 8.24. The van der Waals surface area contributed by atoms with E-state index in [1.165, 1.54) is 7.05 Å². The Hall–Kier alpha value is -2.74. The van der Waals surface area contributed by atoms with Crippen LogP contribution < -0.4 is 19.1 Å². The summed E-state index contributed by atoms with van der Waals surface area (Å²) in [5, 5.41) is 2.89. The number of hydrogen-bond acceptors (Lipinski definition) is 5. The summed E-state index contributed by atoms with van der Waals surface area (Å²) in [6.45, 7) is 1.82. The molecule has 2 aromatic rings. The predicted molar refractivity (Wildman–Crippen MR) is 105 cm³/mol. The molecule has 2 rings (SSSR count). The Balaban J connectivity index is 2.34. The smallest absolute Gasteiger partial charge is 0.253 e. The fourth-order valence-corrected chi connectivity index (χ4v) is 3.17. The molecular weight excluding hydrogens is 368 g/mol. The van der Waals surface area contributed by atoms with Gasteiger partial charge in [-0.3, -0.25) is 9.10 Å². The van der Waals surface area contributed by atoms with Crippen molar-refractivity contribution in [2.75, 3.05) is 31.8 Å². The topological polar surface area (TPSA) is 84.9 Å². The number of ether oxygens (including phenoxy) is 2. The van der Waals surface area contributed by atoms with Crippen molar-refractivity contribution in [2.24, 2.45) is 0 Å². The number of hydrogen-bond donors (Lipinski definition) is 1. The van der Waals surface area contributed by atoms with E-state index in [0.29, 0.717) is 17.2 Å². The Kier molecular flexibility index (Phi) is 6.32. The molecule has 0 aliphatic carbocycles. The second-order valence-electron chi connectivity index (χ2n) is 6.05. The lowest BCUT2D eigenvalue weighted by atomic mass is 10.1. The lowest BCUT2D eigenvalue weighted by Gasteiger charge is -2.22. The third-order valence-corrected chi connectivity index (χ3v) is 5.43. The van der Waals surface area contributed by atoms with Gasteiger partial charge >= 0.3 is 0 Å². The molecule has 8 heteroatoms. The minimum atomic E-state index is -3.50. The summed E-state index contributed by atoms with van der Waals surface area (Å²) >= 11 is 0. The highest BCUT2D eigenvalue weighted by Crippen LogP contribution is 2.30. The summed E-state index contributed by atoms with van der Waals surface area (Å²) in [5.74, 6) is 0.868. The number of sulfonamides is 1. The van der Waals surface area contributed by atoms with Crippen molar-refractivity contribution in [1.82, 2.24) is 5.32 Å². The molecule has 1 amide bonds. The average Bonchev–Trinajstić information content (AvgIpc) is 2.65. The molecule has 0 spiro atoms. The molecule has 1 N–H and O–H groups in total. The van der Waals surface area contributed by atoms with Crippen LogP contribution in [0.3, 0.4) is 0 Å². The van der Waals surface area contributed by atoms with Gasteiger partial charge < -0.3 is 14.8 Å². The van der Waals surface area contributed by atoms with Crippen LogP contribution in [0.1, 0.15) is 28.9 Å². The standard InChI is InChI=1S/C19H24N2O5S/c1-13(16-12-14(25-3)10-11-18(16)26-4)20-19(22)15-8-6-7-9-17(15)21(2)27(5,23)24/h6-13H,1-5H3,(H,20,22)/t13-/m0/s1. The van der Waals surface area contributed by atoms with E-state index >= 15 is 0 Å². The van der Waals surface area contributed by atoms with Gasteiger partial charge in [-0.05, 0) is 37.3 Å². The molecule has 0 saturated carbocycles. The Morgan fingerprint density at radius 2 is 1.78 bits per heavy atom. The molecule has 7 nitrogen and oxygen atoms in total. The van der Waals surface area contributed by atoms with Crippen LogP contribution in [0.25, 0.3) is 0 Å². The highest BCUT2D eigenvalue weighted by molar-refractivity contribution is 7.92. The lowest BCUT2D eigenvalue weighted by molar-refractivity contribution is 0.0940. The van der Waals surface area contributed by atoms with E-state index in [9.17, 15) is 13.2 Å². The number of carbonyl (C=O) groups is 1. The summed E-state index contributed by atoms with van der Waals surface area (Å²) in [5.41, 5.74) is 1.32. The monoisotopic (exact) mass is 392 g/mol. The highest BCUT2D eigenvalue weighted by atomic mass is 32.2. The van der Waals surface area contributed by atoms with Crippen LogP contribution in [0.5, 0.6) is 11.5 Å². The van der Waals surface area contributed by atoms with Gasteiger partial charge in [0.1, 0.15) is 11.5 Å². The second kappa shape index (κ2) is 8.30. The zero-order chi connectivity index (χ0) is 20.2. The van der Waals surface area contributed by atoms with Crippen LogP contribution in [-0.2, 0) is 10.0 Å². The number of benzene rings is 2. The van der Waals surface area contributed by atoms with Gasteiger partial charge in [0.05, 0.1) is 37.8 Å². The summed E-state index contributed by atoms with van der Waals surface area (Å²) in [6, 6.07) is 11.5. The first-order valence-corrected chi connectivity index (χ1v) is 10.1. The molecule has 0 bridgehead atoms. The lowest BCUT2D eigenvalue weighted by Crippen LogP contribution is -2.31. The fraction of sp³-hybridized carbons (Fsp3) is 0.316. The molecule has 0 aromatic heterocycles. The predicted octanol–water partition coefficient (Wildman–Crippen LogP) is 2.59. The van der Waals surface area contributed by atoms with Gasteiger partial charge in [-0.1, -0.05) is 12.1 Å². The van der Waals surface area contributed by atoms with Crippen LogP contribution in [0.2, 0.25) is 0 Å². The third kappa shape index (κ3) is 4.71. The number of rotatable bonds is 7. The van der Waals surface area contributed by atoms with Gasteiger partial charge in [0, 0.05) is 12.6 Å². The quantitative estimate of drug-likeness (QED) is 0.783. The largest absolute Gasteiger partial charge is 0.497 e. The van der Waals surface area contributed by atoms with Crippen LogP contribution in [-0.4, -0.2) is 41.8 Å². The van der Waals surface area contributed by atoms with E-state index in [4.69, 9.17) is 9.47 Å². The number of amides is 1. The SMILES string of the molecule is COc1ccc(OC)c([C@H](C)NC(=O)c2ccccc2N(C)S(C)(=O)=O)c1. The molecule has 0 saturated heterocycles. The van der Waals surface area contributed by atoms with Crippen molar-refractivity contribution in [3.63, 3.8) is 0 Å². The minimum Gasteiger partial charge on any atom is -0.497 e. The summed E-state index contributed by atoms with van der Waals surface area (Å²) in [6.07, 6.45) is 1.09. The van der Waals surface area contributed by atoms with E-state index in [0.717, 1.165) is 16.1 Å². The molecule has 2 aromatic carbocycles.